The number of hydrogen-bond acceptors (Lipinski definition) is 4. The van der Waals surface area contributed by atoms with Crippen LogP contribution < -0.4 is 10.2 Å². The molecule has 2 N–H and O–H groups in total. The van der Waals surface area contributed by atoms with Crippen LogP contribution in [0.15, 0.2) is 42.5 Å². The fraction of sp³-hybridized carbons (Fsp3) is 0.318. The molecule has 152 valence electrons. The number of quaternary nitrogens is 1. The highest BCUT2D eigenvalue weighted by Crippen LogP contribution is 2.21. The van der Waals surface area contributed by atoms with Gasteiger partial charge in [-0.15, -0.1) is 11.3 Å². The topological polar surface area (TPSA) is 66.7 Å². The summed E-state index contributed by atoms with van der Waals surface area (Å²) in [6, 6.07) is 13.6. The largest absolute Gasteiger partial charge is 0.338 e. The third-order valence-electron chi connectivity index (χ3n) is 4.77. The summed E-state index contributed by atoms with van der Waals surface area (Å²) in [6.07, 6.45) is 0. The Kier molecular flexibility index (Phi) is 6.61. The van der Waals surface area contributed by atoms with E-state index in [1.54, 1.807) is 4.90 Å². The number of anilines is 1. The summed E-state index contributed by atoms with van der Waals surface area (Å²) in [5, 5.41) is 5.49. The molecule has 3 aromatic rings. The SMILES string of the molecule is Cc1nc(NC(=O)CN(CC[NH+](C)C)C(=O)c2ccc3ccccc3c2)sc1C. The zero-order valence-corrected chi connectivity index (χ0v) is 18.1. The monoisotopic (exact) mass is 411 g/mol. The van der Waals surface area contributed by atoms with E-state index in [4.69, 9.17) is 0 Å². The zero-order valence-electron chi connectivity index (χ0n) is 17.3. The summed E-state index contributed by atoms with van der Waals surface area (Å²) in [6.45, 7) is 5.13. The van der Waals surface area contributed by atoms with Crippen molar-refractivity contribution in [3.8, 4) is 0 Å². The van der Waals surface area contributed by atoms with E-state index < -0.39 is 0 Å². The zero-order chi connectivity index (χ0) is 21.0. The molecule has 7 heteroatoms. The Morgan fingerprint density at radius 1 is 1.10 bits per heavy atom. The molecule has 0 saturated heterocycles. The summed E-state index contributed by atoms with van der Waals surface area (Å²) in [4.78, 5) is 34.0. The fourth-order valence-corrected chi connectivity index (χ4v) is 3.81. The minimum absolute atomic E-state index is 0.00336. The van der Waals surface area contributed by atoms with Gasteiger partial charge in [-0.05, 0) is 36.8 Å². The molecule has 6 nitrogen and oxygen atoms in total. The van der Waals surface area contributed by atoms with Gasteiger partial charge >= 0.3 is 0 Å². The van der Waals surface area contributed by atoms with E-state index in [0.29, 0.717) is 17.2 Å². The average molecular weight is 412 g/mol. The number of carbonyl (C=O) groups excluding carboxylic acids is 2. The van der Waals surface area contributed by atoms with Crippen molar-refractivity contribution < 1.29 is 14.5 Å². The van der Waals surface area contributed by atoms with Crippen LogP contribution in [0.25, 0.3) is 10.8 Å². The third-order valence-corrected chi connectivity index (χ3v) is 5.76. The van der Waals surface area contributed by atoms with Crippen molar-refractivity contribution >= 4 is 39.1 Å². The summed E-state index contributed by atoms with van der Waals surface area (Å²) < 4.78 is 0. The number of amides is 2. The number of aromatic nitrogens is 1. The number of nitrogens with one attached hydrogen (secondary N) is 2. The van der Waals surface area contributed by atoms with Gasteiger partial charge in [0.15, 0.2) is 5.13 Å². The van der Waals surface area contributed by atoms with Crippen LogP contribution in [-0.4, -0.2) is 55.4 Å². The number of nitrogens with zero attached hydrogens (tertiary/aromatic N) is 2. The van der Waals surface area contributed by atoms with Crippen LogP contribution in [-0.2, 0) is 4.79 Å². The van der Waals surface area contributed by atoms with Gasteiger partial charge in [-0.1, -0.05) is 30.3 Å². The molecular weight excluding hydrogens is 384 g/mol. The van der Waals surface area contributed by atoms with Crippen molar-refractivity contribution in [1.82, 2.24) is 9.88 Å². The molecule has 1 heterocycles. The minimum atomic E-state index is -0.235. The van der Waals surface area contributed by atoms with E-state index in [2.05, 4.69) is 10.3 Å². The number of thiazole rings is 1. The normalized spacial score (nSPS) is 11.1. The molecule has 0 atom stereocenters. The number of rotatable bonds is 7. The van der Waals surface area contributed by atoms with Gasteiger partial charge in [-0.2, -0.15) is 0 Å². The van der Waals surface area contributed by atoms with Crippen LogP contribution >= 0.6 is 11.3 Å². The number of carbonyl (C=O) groups is 2. The van der Waals surface area contributed by atoms with Gasteiger partial charge in [-0.25, -0.2) is 4.98 Å². The first-order valence-corrected chi connectivity index (χ1v) is 10.5. The molecule has 0 aliphatic heterocycles. The number of benzene rings is 2. The molecule has 29 heavy (non-hydrogen) atoms. The maximum Gasteiger partial charge on any atom is 0.254 e. The molecule has 0 aliphatic rings. The van der Waals surface area contributed by atoms with E-state index in [1.807, 2.05) is 70.4 Å². The molecule has 0 radical (unpaired) electrons. The Hall–Kier alpha value is -2.77. The Labute approximate surface area is 175 Å². The second-order valence-corrected chi connectivity index (χ2v) is 8.66. The summed E-state index contributed by atoms with van der Waals surface area (Å²) in [5.74, 6) is -0.375. The third kappa shape index (κ3) is 5.40. The number of aryl methyl sites for hydroxylation is 2. The average Bonchev–Trinajstić information content (AvgIpc) is 3.00. The molecule has 0 bridgehead atoms. The lowest BCUT2D eigenvalue weighted by atomic mass is 10.1. The quantitative estimate of drug-likeness (QED) is 0.626. The van der Waals surface area contributed by atoms with Crippen molar-refractivity contribution in [2.24, 2.45) is 0 Å². The maximum atomic E-state index is 13.2. The molecule has 2 amide bonds. The summed E-state index contributed by atoms with van der Waals surface area (Å²) >= 11 is 1.44. The Morgan fingerprint density at radius 2 is 1.83 bits per heavy atom. The van der Waals surface area contributed by atoms with Crippen LogP contribution in [0.4, 0.5) is 5.13 Å². The lowest BCUT2D eigenvalue weighted by Gasteiger charge is -2.23. The van der Waals surface area contributed by atoms with E-state index in [9.17, 15) is 9.59 Å². The van der Waals surface area contributed by atoms with Crippen LogP contribution in [0.3, 0.4) is 0 Å². The van der Waals surface area contributed by atoms with Gasteiger partial charge in [0.2, 0.25) is 5.91 Å². The molecule has 0 unspecified atom stereocenters. The molecule has 3 rings (SSSR count). The molecule has 0 fully saturated rings. The van der Waals surface area contributed by atoms with Crippen LogP contribution in [0, 0.1) is 13.8 Å². The molecule has 1 aromatic heterocycles. The lowest BCUT2D eigenvalue weighted by Crippen LogP contribution is -3.06. The first kappa shape index (κ1) is 21.0. The van der Waals surface area contributed by atoms with Gasteiger partial charge in [0.1, 0.15) is 6.54 Å². The smallest absolute Gasteiger partial charge is 0.254 e. The van der Waals surface area contributed by atoms with E-state index in [1.165, 1.54) is 16.2 Å². The molecule has 0 spiro atoms. The van der Waals surface area contributed by atoms with Gasteiger partial charge < -0.3 is 15.1 Å². The highest BCUT2D eigenvalue weighted by molar-refractivity contribution is 7.15. The molecule has 0 aliphatic carbocycles. The second-order valence-electron chi connectivity index (χ2n) is 7.45. The van der Waals surface area contributed by atoms with Gasteiger partial charge in [0.25, 0.3) is 5.91 Å². The lowest BCUT2D eigenvalue weighted by molar-refractivity contribution is -0.857. The first-order chi connectivity index (χ1) is 13.8. The van der Waals surface area contributed by atoms with Gasteiger partial charge in [0.05, 0.1) is 32.9 Å². The number of fused-ring (bicyclic) bond motifs is 1. The molecular formula is C22H27N4O2S+. The standard InChI is InChI=1S/C22H26N4O2S/c1-15-16(2)29-22(23-15)24-20(27)14-26(12-11-25(3)4)21(28)19-10-9-17-7-5-6-8-18(17)13-19/h5-10,13H,11-12,14H2,1-4H3,(H,23,24,27)/p+1. The molecule has 0 saturated carbocycles. The van der Waals surface area contributed by atoms with Gasteiger partial charge in [0, 0.05) is 10.4 Å². The Morgan fingerprint density at radius 3 is 2.48 bits per heavy atom. The number of likely N-dealkylation sites (N-methyl/N-ethyl adjacent to an activating group) is 1. The van der Waals surface area contributed by atoms with Gasteiger partial charge in [-0.3, -0.25) is 9.59 Å². The summed E-state index contributed by atoms with van der Waals surface area (Å²) in [7, 11) is 4.06. The number of hydrogen-bond donors (Lipinski definition) is 2. The summed E-state index contributed by atoms with van der Waals surface area (Å²) in [5.41, 5.74) is 1.50. The predicted molar refractivity (Wildman–Crippen MR) is 118 cm³/mol. The fourth-order valence-electron chi connectivity index (χ4n) is 2.97. The van der Waals surface area contributed by atoms with Crippen molar-refractivity contribution in [3.05, 3.63) is 58.6 Å². The maximum absolute atomic E-state index is 13.2. The highest BCUT2D eigenvalue weighted by Gasteiger charge is 2.21. The minimum Gasteiger partial charge on any atom is -0.338 e. The van der Waals surface area contributed by atoms with Crippen molar-refractivity contribution in [1.29, 1.82) is 0 Å². The van der Waals surface area contributed by atoms with Crippen LogP contribution in [0.5, 0.6) is 0 Å². The molecule has 2 aromatic carbocycles. The van der Waals surface area contributed by atoms with Crippen LogP contribution in [0.2, 0.25) is 0 Å². The van der Waals surface area contributed by atoms with Crippen molar-refractivity contribution in [2.45, 2.75) is 13.8 Å². The highest BCUT2D eigenvalue weighted by atomic mass is 32.1. The van der Waals surface area contributed by atoms with E-state index >= 15 is 0 Å². The first-order valence-electron chi connectivity index (χ1n) is 9.64. The Balaban J connectivity index is 1.77. The van der Waals surface area contributed by atoms with Crippen molar-refractivity contribution in [2.75, 3.05) is 39.0 Å². The van der Waals surface area contributed by atoms with Crippen LogP contribution in [0.1, 0.15) is 20.9 Å². The second kappa shape index (κ2) is 9.15. The predicted octanol–water partition coefficient (Wildman–Crippen LogP) is 2.14. The Bertz CT molecular complexity index is 1010. The van der Waals surface area contributed by atoms with E-state index in [0.717, 1.165) is 27.9 Å². The van der Waals surface area contributed by atoms with Crippen molar-refractivity contribution in [3.63, 3.8) is 0 Å². The van der Waals surface area contributed by atoms with E-state index in [-0.39, 0.29) is 18.4 Å².